The van der Waals surface area contributed by atoms with Crippen LogP contribution in [-0.2, 0) is 30.8 Å². The molecule has 1 aromatic heterocycles. The molecule has 2 aromatic rings. The van der Waals surface area contributed by atoms with Crippen LogP contribution in [0, 0.1) is 24.7 Å². The van der Waals surface area contributed by atoms with Crippen LogP contribution in [0.2, 0.25) is 0 Å². The number of pyridine rings is 1. The molecule has 7 rings (SSSR count). The highest BCUT2D eigenvalue weighted by Gasteiger charge is 2.58. The number of aryl methyl sites for hydroxylation is 2. The van der Waals surface area contributed by atoms with Gasteiger partial charge in [-0.3, -0.25) is 14.4 Å². The van der Waals surface area contributed by atoms with Crippen LogP contribution < -0.4 is 20.5 Å². The van der Waals surface area contributed by atoms with Gasteiger partial charge in [0.25, 0.3) is 5.91 Å². The van der Waals surface area contributed by atoms with Crippen LogP contribution in [0.3, 0.4) is 0 Å². The molecule has 12 heteroatoms. The van der Waals surface area contributed by atoms with Crippen molar-refractivity contribution in [2.24, 2.45) is 11.7 Å². The van der Waals surface area contributed by atoms with Gasteiger partial charge in [0.15, 0.2) is 5.54 Å². The number of para-hydroxylation sites is 1. The zero-order valence-electron chi connectivity index (χ0n) is 26.8. The van der Waals surface area contributed by atoms with Gasteiger partial charge in [0, 0.05) is 17.4 Å². The number of hydrogen-bond acceptors (Lipinski definition) is 8. The van der Waals surface area contributed by atoms with E-state index in [9.17, 15) is 22.8 Å². The number of allylic oxidation sites excluding steroid dienone is 1. The average Bonchev–Trinajstić information content (AvgIpc) is 3.70. The number of rotatable bonds is 3. The molecule has 5 aliphatic rings. The molecule has 4 heterocycles. The maximum Gasteiger partial charge on any atom is 0.273 e. The van der Waals surface area contributed by atoms with Gasteiger partial charge in [-0.05, 0) is 64.9 Å². The Kier molecular flexibility index (Phi) is 7.63. The summed E-state index contributed by atoms with van der Waals surface area (Å²) in [4.78, 5) is 48.4. The Labute approximate surface area is 275 Å². The summed E-state index contributed by atoms with van der Waals surface area (Å²) in [5.41, 5.74) is 6.43. The Morgan fingerprint density at radius 2 is 1.96 bits per heavy atom. The highest BCUT2D eigenvalue weighted by Crippen LogP contribution is 2.45. The van der Waals surface area contributed by atoms with E-state index in [2.05, 4.69) is 21.9 Å². The molecule has 11 nitrogen and oxygen atoms in total. The van der Waals surface area contributed by atoms with E-state index in [-0.39, 0.29) is 18.9 Å². The van der Waals surface area contributed by atoms with E-state index in [1.165, 1.54) is 4.90 Å². The molecular formula is C35H41N5O6S. The van der Waals surface area contributed by atoms with Crippen molar-refractivity contribution in [3.05, 3.63) is 47.7 Å². The lowest BCUT2D eigenvalue weighted by Crippen LogP contribution is -2.68. The normalized spacial score (nSPS) is 31.5. The molecule has 5 unspecified atom stereocenters. The van der Waals surface area contributed by atoms with Crippen LogP contribution in [0.15, 0.2) is 36.4 Å². The van der Waals surface area contributed by atoms with Crippen LogP contribution in [0.4, 0.5) is 0 Å². The monoisotopic (exact) mass is 659 g/mol. The summed E-state index contributed by atoms with van der Waals surface area (Å²) in [5.74, 6) is 3.84. The Morgan fingerprint density at radius 3 is 2.70 bits per heavy atom. The Morgan fingerprint density at radius 1 is 1.17 bits per heavy atom. The first-order valence-corrected chi connectivity index (χ1v) is 18.1. The number of ether oxygens (including phenoxy) is 1. The van der Waals surface area contributed by atoms with E-state index in [1.807, 2.05) is 37.3 Å². The lowest BCUT2D eigenvalue weighted by molar-refractivity contribution is -0.141. The molecule has 4 N–H and O–H groups in total. The standard InChI is InChI=1S/C35H41N5O6S/c1-22-29-25(24-11-8-9-13-27(24)37-22)15-16-34(46-29)20-28-30(41)38-35(32(43)39-47(44,45)33(2)18-19-33)17-14-23(35)10-6-4-3-5-7-12-26(36)31(42)40(28)21-34/h6,8-11,13,23,26,28H,3-5,7,12,15-16,18-21,36H2,1-2H3,(H,38,41)(H,39,43). The van der Waals surface area contributed by atoms with Crippen molar-refractivity contribution in [3.63, 3.8) is 0 Å². The van der Waals surface area contributed by atoms with Crippen molar-refractivity contribution < 1.29 is 27.5 Å². The average molecular weight is 660 g/mol. The maximum absolute atomic E-state index is 14.3. The minimum Gasteiger partial charge on any atom is -0.483 e. The topological polar surface area (TPSA) is 161 Å². The van der Waals surface area contributed by atoms with Gasteiger partial charge in [-0.25, -0.2) is 18.1 Å². The number of nitrogens with zero attached hydrogens (tertiary/aromatic N) is 2. The molecule has 3 amide bonds. The zero-order chi connectivity index (χ0) is 33.2. The number of aromatic nitrogens is 1. The van der Waals surface area contributed by atoms with Crippen LogP contribution in [0.1, 0.15) is 76.0 Å². The zero-order valence-corrected chi connectivity index (χ0v) is 27.6. The van der Waals surface area contributed by atoms with E-state index in [4.69, 9.17) is 15.5 Å². The third-order valence-electron chi connectivity index (χ3n) is 10.7. The van der Waals surface area contributed by atoms with Crippen molar-refractivity contribution in [3.8, 4) is 17.6 Å². The molecule has 3 aliphatic heterocycles. The number of nitrogens with one attached hydrogen (secondary N) is 2. The molecule has 1 spiro atoms. The number of fused-ring (bicyclic) bond motifs is 5. The summed E-state index contributed by atoms with van der Waals surface area (Å²) < 4.78 is 34.2. The van der Waals surface area contributed by atoms with Gasteiger partial charge in [-0.15, -0.1) is 0 Å². The summed E-state index contributed by atoms with van der Waals surface area (Å²) >= 11 is 0. The Hall–Kier alpha value is -3.95. The van der Waals surface area contributed by atoms with Crippen LogP contribution >= 0.6 is 0 Å². The van der Waals surface area contributed by atoms with Gasteiger partial charge in [0.1, 0.15) is 17.4 Å². The van der Waals surface area contributed by atoms with E-state index >= 15 is 0 Å². The predicted octanol–water partition coefficient (Wildman–Crippen LogP) is 2.54. The van der Waals surface area contributed by atoms with Gasteiger partial charge >= 0.3 is 0 Å². The largest absolute Gasteiger partial charge is 0.483 e. The van der Waals surface area contributed by atoms with Gasteiger partial charge in [0.2, 0.25) is 21.8 Å². The first kappa shape index (κ1) is 31.6. The fraction of sp³-hybridized carbons (Fsp3) is 0.543. The SMILES string of the molecule is Cc1nc2ccccc2c2c1OC1(CC2)CC2C(=O)NC3(C(=O)NS(=O)(=O)C4(C)CC4)C#CC3C=CCCCCCC(N)C(=O)N2C1. The van der Waals surface area contributed by atoms with Crippen molar-refractivity contribution in [2.45, 2.75) is 106 Å². The van der Waals surface area contributed by atoms with Gasteiger partial charge in [0.05, 0.1) is 34.5 Å². The van der Waals surface area contributed by atoms with E-state index in [1.54, 1.807) is 13.0 Å². The predicted molar refractivity (Wildman–Crippen MR) is 175 cm³/mol. The molecule has 2 aliphatic carbocycles. The molecule has 47 heavy (non-hydrogen) atoms. The summed E-state index contributed by atoms with van der Waals surface area (Å²) in [6.45, 7) is 3.63. The smallest absolute Gasteiger partial charge is 0.273 e. The number of benzene rings is 1. The molecule has 1 saturated heterocycles. The van der Waals surface area contributed by atoms with E-state index in [0.29, 0.717) is 44.3 Å². The van der Waals surface area contributed by atoms with Crippen molar-refractivity contribution >= 4 is 38.6 Å². The number of nitrogens with two attached hydrogens (primary N) is 1. The Balaban J connectivity index is 1.23. The molecular weight excluding hydrogens is 618 g/mol. The molecule has 0 radical (unpaired) electrons. The lowest BCUT2D eigenvalue weighted by atomic mass is 9.75. The molecule has 1 aromatic carbocycles. The second-order valence-corrected chi connectivity index (χ2v) is 16.3. The fourth-order valence-corrected chi connectivity index (χ4v) is 8.64. The van der Waals surface area contributed by atoms with Gasteiger partial charge in [-0.1, -0.05) is 55.0 Å². The van der Waals surface area contributed by atoms with E-state index < -0.39 is 55.7 Å². The second kappa shape index (κ2) is 11.3. The van der Waals surface area contributed by atoms with Crippen molar-refractivity contribution in [2.75, 3.05) is 6.54 Å². The molecule has 5 atom stereocenters. The fourth-order valence-electron chi connectivity index (χ4n) is 7.35. The van der Waals surface area contributed by atoms with Crippen molar-refractivity contribution in [1.82, 2.24) is 19.9 Å². The Bertz CT molecular complexity index is 1880. The van der Waals surface area contributed by atoms with Crippen LogP contribution in [0.5, 0.6) is 5.75 Å². The molecule has 2 fully saturated rings. The number of amides is 3. The number of carbonyl (C=O) groups excluding carboxylic acids is 3. The lowest BCUT2D eigenvalue weighted by Gasteiger charge is -2.38. The quantitative estimate of drug-likeness (QED) is 0.335. The summed E-state index contributed by atoms with van der Waals surface area (Å²) in [7, 11) is -4.00. The first-order valence-electron chi connectivity index (χ1n) is 16.6. The summed E-state index contributed by atoms with van der Waals surface area (Å²) in [6, 6.07) is 6.09. The highest BCUT2D eigenvalue weighted by atomic mass is 32.2. The number of carbonyl (C=O) groups is 3. The summed E-state index contributed by atoms with van der Waals surface area (Å²) in [6.07, 6.45) is 9.62. The highest BCUT2D eigenvalue weighted by molar-refractivity contribution is 7.91. The van der Waals surface area contributed by atoms with Gasteiger partial charge in [-0.2, -0.15) is 0 Å². The number of hydrogen-bond donors (Lipinski definition) is 3. The minimum absolute atomic E-state index is 0.143. The van der Waals surface area contributed by atoms with Gasteiger partial charge < -0.3 is 20.7 Å². The first-order chi connectivity index (χ1) is 22.4. The third-order valence-corrected chi connectivity index (χ3v) is 12.8. The third kappa shape index (κ3) is 5.37. The second-order valence-electron chi connectivity index (χ2n) is 14.1. The maximum atomic E-state index is 14.3. The minimum atomic E-state index is -4.00. The van der Waals surface area contributed by atoms with Crippen molar-refractivity contribution in [1.29, 1.82) is 0 Å². The van der Waals surface area contributed by atoms with Crippen LogP contribution in [0.25, 0.3) is 10.9 Å². The molecule has 0 bridgehead atoms. The molecule has 1 saturated carbocycles. The molecule has 248 valence electrons. The van der Waals surface area contributed by atoms with Crippen LogP contribution in [-0.4, -0.2) is 70.5 Å². The number of sulfonamides is 1. The van der Waals surface area contributed by atoms with E-state index in [0.717, 1.165) is 41.4 Å². The summed E-state index contributed by atoms with van der Waals surface area (Å²) in [5, 5.41) is 3.85.